The fourth-order valence-corrected chi connectivity index (χ4v) is 3.54. The van der Waals surface area contributed by atoms with Gasteiger partial charge in [0.05, 0.1) is 29.1 Å². The van der Waals surface area contributed by atoms with Crippen LogP contribution in [0.3, 0.4) is 0 Å². The van der Waals surface area contributed by atoms with Gasteiger partial charge in [-0.05, 0) is 36.7 Å². The number of hydrogen-bond donors (Lipinski definition) is 2. The number of aliphatic carboxylic acids is 1. The minimum Gasteiger partial charge on any atom is -0.481 e. The predicted molar refractivity (Wildman–Crippen MR) is 124 cm³/mol. The number of fused-ring (bicyclic) bond motifs is 1. The third-order valence-corrected chi connectivity index (χ3v) is 5.23. The molecule has 2 aromatic carbocycles. The number of hydrogen-bond acceptors (Lipinski definition) is 6. The number of nitro benzene ring substituents is 1. The van der Waals surface area contributed by atoms with Crippen LogP contribution in [0.5, 0.6) is 0 Å². The van der Waals surface area contributed by atoms with Crippen molar-refractivity contribution in [2.75, 3.05) is 24.5 Å². The average molecular weight is 464 g/mol. The van der Waals surface area contributed by atoms with Crippen LogP contribution < -0.4 is 10.6 Å². The van der Waals surface area contributed by atoms with E-state index in [1.807, 2.05) is 0 Å². The van der Waals surface area contributed by atoms with Gasteiger partial charge in [0.15, 0.2) is 0 Å². The lowest BCUT2D eigenvalue weighted by Crippen LogP contribution is -2.40. The molecular formula is C24H24N4O6. The lowest BCUT2D eigenvalue weighted by Gasteiger charge is -2.23. The van der Waals surface area contributed by atoms with Crippen LogP contribution in [0.15, 0.2) is 42.5 Å². The molecule has 2 amide bonds. The van der Waals surface area contributed by atoms with Crippen molar-refractivity contribution in [1.29, 1.82) is 0 Å². The number of non-ortho nitro benzene ring substituents is 1. The van der Waals surface area contributed by atoms with E-state index in [9.17, 15) is 24.5 Å². The first-order chi connectivity index (χ1) is 16.3. The summed E-state index contributed by atoms with van der Waals surface area (Å²) in [6.45, 7) is 0.0866. The van der Waals surface area contributed by atoms with Crippen molar-refractivity contribution in [3.63, 3.8) is 0 Å². The number of nitrogens with two attached hydrogens (primary N) is 1. The smallest absolute Gasteiger partial charge is 0.305 e. The maximum Gasteiger partial charge on any atom is 0.305 e. The summed E-state index contributed by atoms with van der Waals surface area (Å²) in [5, 5.41) is 20.2. The summed E-state index contributed by atoms with van der Waals surface area (Å²) in [5.74, 6) is 3.99. The molecule has 1 heterocycles. The van der Waals surface area contributed by atoms with Crippen molar-refractivity contribution in [3.05, 3.63) is 69.3 Å². The molecule has 0 radical (unpaired) electrons. The third-order valence-electron chi connectivity index (χ3n) is 5.23. The van der Waals surface area contributed by atoms with Gasteiger partial charge >= 0.3 is 5.97 Å². The summed E-state index contributed by atoms with van der Waals surface area (Å²) in [6.07, 6.45) is 1.03. The zero-order valence-corrected chi connectivity index (χ0v) is 18.4. The highest BCUT2D eigenvalue weighted by Gasteiger charge is 2.32. The van der Waals surface area contributed by atoms with Crippen LogP contribution in [-0.4, -0.2) is 52.3 Å². The number of amides is 2. The number of carboxylic acids is 1. The molecule has 0 bridgehead atoms. The highest BCUT2D eigenvalue weighted by Crippen LogP contribution is 2.29. The van der Waals surface area contributed by atoms with Crippen molar-refractivity contribution < 1.29 is 24.4 Å². The van der Waals surface area contributed by atoms with Crippen molar-refractivity contribution in [2.45, 2.75) is 25.8 Å². The lowest BCUT2D eigenvalue weighted by molar-refractivity contribution is -0.384. The Labute approximate surface area is 196 Å². The predicted octanol–water partition coefficient (Wildman–Crippen LogP) is 2.15. The number of carboxylic acid groups (broad SMARTS) is 1. The van der Waals surface area contributed by atoms with E-state index in [-0.39, 0.29) is 37.3 Å². The van der Waals surface area contributed by atoms with Crippen LogP contribution in [0.25, 0.3) is 0 Å². The van der Waals surface area contributed by atoms with Crippen LogP contribution in [0.4, 0.5) is 11.4 Å². The third kappa shape index (κ3) is 5.96. The largest absolute Gasteiger partial charge is 0.481 e. The molecule has 0 aromatic heterocycles. The van der Waals surface area contributed by atoms with Gasteiger partial charge in [0.25, 0.3) is 11.6 Å². The average Bonchev–Trinajstić information content (AvgIpc) is 2.91. The van der Waals surface area contributed by atoms with E-state index in [4.69, 9.17) is 10.8 Å². The highest BCUT2D eigenvalue weighted by atomic mass is 16.6. The molecule has 3 rings (SSSR count). The molecule has 1 aliphatic heterocycles. The van der Waals surface area contributed by atoms with Gasteiger partial charge in [0, 0.05) is 30.7 Å². The molecule has 176 valence electrons. The van der Waals surface area contributed by atoms with E-state index in [1.54, 1.807) is 24.3 Å². The normalized spacial score (nSPS) is 13.1. The molecule has 1 aliphatic rings. The number of unbranched alkanes of at least 4 members (excludes halogenated alkanes) is 1. The maximum atomic E-state index is 13.3. The van der Waals surface area contributed by atoms with Gasteiger partial charge in [-0.3, -0.25) is 24.5 Å². The molecule has 0 unspecified atom stereocenters. The number of anilines is 1. The Morgan fingerprint density at radius 3 is 2.71 bits per heavy atom. The molecule has 10 nitrogen and oxygen atoms in total. The molecule has 0 spiro atoms. The standard InChI is InChI=1S/C24H24N4O6/c25-11-3-1-2-5-17-8-9-21-20(14-17)24(32)26(12-10-23(30)31)16-22(29)27(21)15-18-6-4-7-19(13-18)28(33)34/h4,6-9,13-14H,1,3,10-12,15-16,25H2,(H,30,31). The number of carbonyl (C=O) groups is 3. The summed E-state index contributed by atoms with van der Waals surface area (Å²) in [4.78, 5) is 50.7. The van der Waals surface area contributed by atoms with Crippen LogP contribution in [-0.2, 0) is 16.1 Å². The SMILES string of the molecule is NCCCC#Cc1ccc2c(c1)C(=O)N(CCC(=O)O)CC(=O)N2Cc1cccc([N+](=O)[O-])c1. The monoisotopic (exact) mass is 464 g/mol. The van der Waals surface area contributed by atoms with Crippen molar-refractivity contribution >= 4 is 29.2 Å². The minimum absolute atomic E-state index is 0.00902. The van der Waals surface area contributed by atoms with Gasteiger partial charge in [-0.25, -0.2) is 0 Å². The molecule has 0 saturated heterocycles. The molecule has 0 fully saturated rings. The number of nitro groups is 1. The number of nitrogens with zero attached hydrogens (tertiary/aromatic N) is 3. The Kier molecular flexibility index (Phi) is 7.95. The lowest BCUT2D eigenvalue weighted by atomic mass is 10.1. The van der Waals surface area contributed by atoms with E-state index in [0.29, 0.717) is 29.8 Å². The highest BCUT2D eigenvalue weighted by molar-refractivity contribution is 6.09. The number of rotatable bonds is 8. The van der Waals surface area contributed by atoms with Crippen molar-refractivity contribution in [1.82, 2.24) is 4.90 Å². The first-order valence-electron chi connectivity index (χ1n) is 10.7. The van der Waals surface area contributed by atoms with Gasteiger partial charge in [-0.2, -0.15) is 0 Å². The van der Waals surface area contributed by atoms with Crippen molar-refractivity contribution in [3.8, 4) is 11.8 Å². The molecule has 0 aliphatic carbocycles. The number of benzene rings is 2. The Hall–Kier alpha value is -4.23. The Bertz CT molecular complexity index is 1180. The van der Waals surface area contributed by atoms with Gasteiger partial charge in [-0.15, -0.1) is 0 Å². The first-order valence-corrected chi connectivity index (χ1v) is 10.7. The molecule has 0 atom stereocenters. The molecule has 3 N–H and O–H groups in total. The summed E-state index contributed by atoms with van der Waals surface area (Å²) < 4.78 is 0. The van der Waals surface area contributed by atoms with Crippen LogP contribution in [0.2, 0.25) is 0 Å². The fraction of sp³-hybridized carbons (Fsp3) is 0.292. The Balaban J connectivity index is 2.01. The van der Waals surface area contributed by atoms with Crippen LogP contribution in [0.1, 0.15) is 40.7 Å². The Morgan fingerprint density at radius 1 is 1.21 bits per heavy atom. The van der Waals surface area contributed by atoms with Crippen molar-refractivity contribution in [2.24, 2.45) is 5.73 Å². The summed E-state index contributed by atoms with van der Waals surface area (Å²) in [5.41, 5.74) is 7.02. The zero-order chi connectivity index (χ0) is 24.7. The van der Waals surface area contributed by atoms with E-state index < -0.39 is 22.7 Å². The van der Waals surface area contributed by atoms with Gasteiger partial charge in [0.2, 0.25) is 5.91 Å². The Morgan fingerprint density at radius 2 is 2.00 bits per heavy atom. The van der Waals surface area contributed by atoms with Gasteiger partial charge < -0.3 is 20.6 Å². The fourth-order valence-electron chi connectivity index (χ4n) is 3.54. The van der Waals surface area contributed by atoms with E-state index in [1.165, 1.54) is 28.0 Å². The molecule has 34 heavy (non-hydrogen) atoms. The second-order valence-corrected chi connectivity index (χ2v) is 7.70. The summed E-state index contributed by atoms with van der Waals surface area (Å²) in [6, 6.07) is 10.8. The van der Waals surface area contributed by atoms with E-state index >= 15 is 0 Å². The summed E-state index contributed by atoms with van der Waals surface area (Å²) >= 11 is 0. The van der Waals surface area contributed by atoms with Crippen LogP contribution >= 0.6 is 0 Å². The first kappa shape index (κ1) is 24.4. The second-order valence-electron chi connectivity index (χ2n) is 7.70. The maximum absolute atomic E-state index is 13.3. The second kappa shape index (κ2) is 11.1. The molecule has 0 saturated carbocycles. The molecular weight excluding hydrogens is 440 g/mol. The van der Waals surface area contributed by atoms with Crippen LogP contribution in [0, 0.1) is 22.0 Å². The molecule has 10 heteroatoms. The van der Waals surface area contributed by atoms with Gasteiger partial charge in [0.1, 0.15) is 6.54 Å². The molecule has 2 aromatic rings. The van der Waals surface area contributed by atoms with Gasteiger partial charge in [-0.1, -0.05) is 24.0 Å². The van der Waals surface area contributed by atoms with E-state index in [2.05, 4.69) is 11.8 Å². The van der Waals surface area contributed by atoms with E-state index in [0.717, 1.165) is 6.42 Å². The summed E-state index contributed by atoms with van der Waals surface area (Å²) in [7, 11) is 0. The topological polar surface area (TPSA) is 147 Å². The minimum atomic E-state index is -1.09. The quantitative estimate of drug-likeness (QED) is 0.263. The number of carbonyl (C=O) groups excluding carboxylic acids is 2. The zero-order valence-electron chi connectivity index (χ0n) is 18.4.